The summed E-state index contributed by atoms with van der Waals surface area (Å²) in [4.78, 5) is 36.3. The normalized spacial score (nSPS) is 10.5. The van der Waals surface area contributed by atoms with Crippen LogP contribution in [0.3, 0.4) is 0 Å². The summed E-state index contributed by atoms with van der Waals surface area (Å²) < 4.78 is 15.8. The van der Waals surface area contributed by atoms with Crippen LogP contribution in [0.25, 0.3) is 0 Å². The highest BCUT2D eigenvalue weighted by Crippen LogP contribution is 2.28. The summed E-state index contributed by atoms with van der Waals surface area (Å²) in [5.74, 6) is 0.322. The van der Waals surface area contributed by atoms with E-state index in [2.05, 4.69) is 15.8 Å². The van der Waals surface area contributed by atoms with Crippen molar-refractivity contribution in [3.05, 3.63) is 89.5 Å². The number of ether oxygens (including phenoxy) is 3. The standard InChI is InChI=1S/C27H27N3O6/c1-34-23-15-12-21(17-24(23)35-2)27(33)36-22-13-10-19(11-14-22)18-29-30-25(31)9-6-16-28-26(32)20-7-4-3-5-8-20/h3-5,7-8,10-15,17-18H,6,9,16H2,1-2H3,(H,28,32)(H,30,31)/b29-18+. The summed E-state index contributed by atoms with van der Waals surface area (Å²) in [6.07, 6.45) is 2.19. The van der Waals surface area contributed by atoms with E-state index in [4.69, 9.17) is 14.2 Å². The molecule has 3 aromatic rings. The number of rotatable bonds is 11. The minimum atomic E-state index is -0.537. The molecular formula is C27H27N3O6. The minimum Gasteiger partial charge on any atom is -0.493 e. The van der Waals surface area contributed by atoms with E-state index in [1.54, 1.807) is 66.7 Å². The fourth-order valence-electron chi connectivity index (χ4n) is 3.13. The van der Waals surface area contributed by atoms with Gasteiger partial charge in [0.25, 0.3) is 5.91 Å². The van der Waals surface area contributed by atoms with Gasteiger partial charge in [0, 0.05) is 18.5 Å². The second-order valence-corrected chi connectivity index (χ2v) is 7.55. The van der Waals surface area contributed by atoms with Crippen molar-refractivity contribution in [2.75, 3.05) is 20.8 Å². The van der Waals surface area contributed by atoms with Crippen LogP contribution >= 0.6 is 0 Å². The van der Waals surface area contributed by atoms with E-state index in [0.29, 0.717) is 46.9 Å². The van der Waals surface area contributed by atoms with Crippen LogP contribution in [0.4, 0.5) is 0 Å². The van der Waals surface area contributed by atoms with Crippen LogP contribution < -0.4 is 25.0 Å². The predicted octanol–water partition coefficient (Wildman–Crippen LogP) is 3.58. The fraction of sp³-hybridized carbons (Fsp3) is 0.185. The lowest BCUT2D eigenvalue weighted by Crippen LogP contribution is -2.26. The van der Waals surface area contributed by atoms with Gasteiger partial charge in [-0.3, -0.25) is 9.59 Å². The lowest BCUT2D eigenvalue weighted by atomic mass is 10.2. The van der Waals surface area contributed by atoms with Crippen molar-refractivity contribution >= 4 is 24.0 Å². The second kappa shape index (κ2) is 13.3. The molecule has 0 aliphatic rings. The third-order valence-corrected chi connectivity index (χ3v) is 5.01. The van der Waals surface area contributed by atoms with Gasteiger partial charge in [-0.1, -0.05) is 18.2 Å². The zero-order valence-corrected chi connectivity index (χ0v) is 20.0. The van der Waals surface area contributed by atoms with Crippen LogP contribution in [-0.4, -0.2) is 44.8 Å². The van der Waals surface area contributed by atoms with E-state index >= 15 is 0 Å². The van der Waals surface area contributed by atoms with Gasteiger partial charge in [-0.2, -0.15) is 5.10 Å². The van der Waals surface area contributed by atoms with Gasteiger partial charge in [0.05, 0.1) is 26.0 Å². The SMILES string of the molecule is COc1ccc(C(=O)Oc2ccc(/C=N/NC(=O)CCCNC(=O)c3ccccc3)cc2)cc1OC. The van der Waals surface area contributed by atoms with Crippen molar-refractivity contribution in [1.82, 2.24) is 10.7 Å². The van der Waals surface area contributed by atoms with Crippen molar-refractivity contribution in [2.24, 2.45) is 5.10 Å². The van der Waals surface area contributed by atoms with Gasteiger partial charge in [-0.05, 0) is 66.6 Å². The number of nitrogens with zero attached hydrogens (tertiary/aromatic N) is 1. The summed E-state index contributed by atoms with van der Waals surface area (Å²) in [5.41, 5.74) is 4.05. The van der Waals surface area contributed by atoms with Crippen molar-refractivity contribution in [3.8, 4) is 17.2 Å². The molecule has 3 rings (SSSR count). The van der Waals surface area contributed by atoms with Crippen LogP contribution in [0.2, 0.25) is 0 Å². The lowest BCUT2D eigenvalue weighted by Gasteiger charge is -2.09. The Morgan fingerprint density at radius 3 is 2.28 bits per heavy atom. The van der Waals surface area contributed by atoms with Gasteiger partial charge < -0.3 is 19.5 Å². The number of nitrogens with one attached hydrogen (secondary N) is 2. The molecule has 36 heavy (non-hydrogen) atoms. The van der Waals surface area contributed by atoms with E-state index in [-0.39, 0.29) is 18.2 Å². The van der Waals surface area contributed by atoms with Gasteiger partial charge in [0.15, 0.2) is 11.5 Å². The fourth-order valence-corrected chi connectivity index (χ4v) is 3.13. The Morgan fingerprint density at radius 1 is 0.861 bits per heavy atom. The van der Waals surface area contributed by atoms with E-state index in [0.717, 1.165) is 0 Å². The maximum absolute atomic E-state index is 12.4. The molecule has 9 nitrogen and oxygen atoms in total. The maximum Gasteiger partial charge on any atom is 0.343 e. The Morgan fingerprint density at radius 2 is 1.58 bits per heavy atom. The number of methoxy groups -OCH3 is 2. The zero-order valence-electron chi connectivity index (χ0n) is 20.0. The molecule has 0 aliphatic carbocycles. The quantitative estimate of drug-likeness (QED) is 0.140. The molecule has 0 heterocycles. The molecule has 0 aromatic heterocycles. The summed E-state index contributed by atoms with van der Waals surface area (Å²) in [6.45, 7) is 0.383. The molecule has 0 unspecified atom stereocenters. The topological polar surface area (TPSA) is 115 Å². The first kappa shape index (κ1) is 26.0. The average molecular weight is 490 g/mol. The van der Waals surface area contributed by atoms with E-state index < -0.39 is 5.97 Å². The highest BCUT2D eigenvalue weighted by molar-refractivity contribution is 5.94. The number of benzene rings is 3. The first-order chi connectivity index (χ1) is 17.5. The number of carbonyl (C=O) groups excluding carboxylic acids is 3. The monoisotopic (exact) mass is 489 g/mol. The number of hydrazone groups is 1. The molecule has 2 N–H and O–H groups in total. The Hall–Kier alpha value is -4.66. The Balaban J connectivity index is 1.40. The number of hydrogen-bond donors (Lipinski definition) is 2. The third kappa shape index (κ3) is 7.69. The molecule has 0 atom stereocenters. The van der Waals surface area contributed by atoms with Gasteiger partial charge in [0.2, 0.25) is 5.91 Å². The molecular weight excluding hydrogens is 462 g/mol. The van der Waals surface area contributed by atoms with Gasteiger partial charge >= 0.3 is 5.97 Å². The van der Waals surface area contributed by atoms with Gasteiger partial charge in [0.1, 0.15) is 5.75 Å². The molecule has 9 heteroatoms. The summed E-state index contributed by atoms with van der Waals surface area (Å²) in [6, 6.07) is 20.3. The van der Waals surface area contributed by atoms with E-state index in [1.165, 1.54) is 20.4 Å². The molecule has 3 aromatic carbocycles. The zero-order chi connectivity index (χ0) is 25.8. The van der Waals surface area contributed by atoms with Crippen LogP contribution in [0.5, 0.6) is 17.2 Å². The van der Waals surface area contributed by atoms with Crippen molar-refractivity contribution in [2.45, 2.75) is 12.8 Å². The molecule has 0 fully saturated rings. The van der Waals surface area contributed by atoms with Crippen LogP contribution in [0.1, 0.15) is 39.1 Å². The highest BCUT2D eigenvalue weighted by Gasteiger charge is 2.13. The summed E-state index contributed by atoms with van der Waals surface area (Å²) >= 11 is 0. The molecule has 186 valence electrons. The third-order valence-electron chi connectivity index (χ3n) is 5.01. The number of hydrogen-bond acceptors (Lipinski definition) is 7. The van der Waals surface area contributed by atoms with Gasteiger partial charge in [-0.25, -0.2) is 10.2 Å². The largest absolute Gasteiger partial charge is 0.493 e. The average Bonchev–Trinajstić information content (AvgIpc) is 2.92. The Labute approximate surface area is 209 Å². The minimum absolute atomic E-state index is 0.174. The molecule has 0 saturated heterocycles. The van der Waals surface area contributed by atoms with Crippen molar-refractivity contribution < 1.29 is 28.6 Å². The Kier molecular flexibility index (Phi) is 9.58. The lowest BCUT2D eigenvalue weighted by molar-refractivity contribution is -0.121. The second-order valence-electron chi connectivity index (χ2n) is 7.55. The molecule has 0 saturated carbocycles. The molecule has 2 amide bonds. The maximum atomic E-state index is 12.4. The van der Waals surface area contributed by atoms with Crippen LogP contribution in [0, 0.1) is 0 Å². The number of carbonyl (C=O) groups is 3. The predicted molar refractivity (Wildman–Crippen MR) is 135 cm³/mol. The van der Waals surface area contributed by atoms with Gasteiger partial charge in [-0.15, -0.1) is 0 Å². The number of esters is 1. The molecule has 0 radical (unpaired) electrons. The summed E-state index contributed by atoms with van der Waals surface area (Å²) in [5, 5.41) is 6.70. The molecule has 0 bridgehead atoms. The number of amides is 2. The highest BCUT2D eigenvalue weighted by atomic mass is 16.5. The first-order valence-corrected chi connectivity index (χ1v) is 11.2. The van der Waals surface area contributed by atoms with E-state index in [1.807, 2.05) is 6.07 Å². The van der Waals surface area contributed by atoms with Crippen LogP contribution in [0.15, 0.2) is 77.9 Å². The molecule has 0 spiro atoms. The van der Waals surface area contributed by atoms with Crippen molar-refractivity contribution in [1.29, 1.82) is 0 Å². The first-order valence-electron chi connectivity index (χ1n) is 11.2. The molecule has 0 aliphatic heterocycles. The smallest absolute Gasteiger partial charge is 0.343 e. The van der Waals surface area contributed by atoms with Crippen molar-refractivity contribution in [3.63, 3.8) is 0 Å². The summed E-state index contributed by atoms with van der Waals surface area (Å²) in [7, 11) is 3.00. The van der Waals surface area contributed by atoms with Crippen LogP contribution in [-0.2, 0) is 4.79 Å². The Bertz CT molecular complexity index is 1210. The van der Waals surface area contributed by atoms with E-state index in [9.17, 15) is 14.4 Å².